The molecule has 1 amide bonds. The van der Waals surface area contributed by atoms with E-state index in [0.29, 0.717) is 28.7 Å². The Kier molecular flexibility index (Phi) is 4.72. The van der Waals surface area contributed by atoms with E-state index in [2.05, 4.69) is 10.4 Å². The molecule has 3 aromatic rings. The molecule has 3 aromatic heterocycles. The highest BCUT2D eigenvalue weighted by Crippen LogP contribution is 2.30. The molecule has 0 spiro atoms. The summed E-state index contributed by atoms with van der Waals surface area (Å²) in [5, 5.41) is 7.92. The quantitative estimate of drug-likeness (QED) is 0.701. The van der Waals surface area contributed by atoms with Crippen LogP contribution in [0.1, 0.15) is 48.2 Å². The molecule has 4 rings (SSSR count). The fraction of sp³-hybridized carbons (Fsp3) is 0.450. The largest absolute Gasteiger partial charge is 0.466 e. The standard InChI is InChI=1S/C20H24N4O4S/c1-11(2)24-19-17(9-21-24)16(20(25)22-14-5-6-29(26,27)10-14)8-18(23-19)15-7-12(3)28-13(15)4/h7-9,11,14H,5-6,10H2,1-4H3,(H,22,25). The highest BCUT2D eigenvalue weighted by Gasteiger charge is 2.30. The summed E-state index contributed by atoms with van der Waals surface area (Å²) in [4.78, 5) is 17.8. The van der Waals surface area contributed by atoms with E-state index >= 15 is 0 Å². The Labute approximate surface area is 169 Å². The van der Waals surface area contributed by atoms with E-state index in [-0.39, 0.29) is 29.5 Å². The van der Waals surface area contributed by atoms with Crippen LogP contribution in [-0.4, -0.2) is 46.6 Å². The Morgan fingerprint density at radius 2 is 2.07 bits per heavy atom. The summed E-state index contributed by atoms with van der Waals surface area (Å²) in [5.41, 5.74) is 2.48. The van der Waals surface area contributed by atoms with Gasteiger partial charge in [0.25, 0.3) is 5.91 Å². The molecule has 1 aliphatic heterocycles. The van der Waals surface area contributed by atoms with E-state index in [1.165, 1.54) is 0 Å². The van der Waals surface area contributed by atoms with Crippen molar-refractivity contribution < 1.29 is 17.6 Å². The first-order chi connectivity index (χ1) is 13.6. The average Bonchev–Trinajstić information content (AvgIpc) is 3.30. The Hall–Kier alpha value is -2.68. The molecule has 29 heavy (non-hydrogen) atoms. The molecule has 1 fully saturated rings. The maximum absolute atomic E-state index is 13.1. The fourth-order valence-corrected chi connectivity index (χ4v) is 5.45. The van der Waals surface area contributed by atoms with Gasteiger partial charge < -0.3 is 9.73 Å². The minimum atomic E-state index is -3.08. The topological polar surface area (TPSA) is 107 Å². The highest BCUT2D eigenvalue weighted by molar-refractivity contribution is 7.91. The third-order valence-electron chi connectivity index (χ3n) is 5.19. The number of nitrogens with one attached hydrogen (secondary N) is 1. The van der Waals surface area contributed by atoms with Gasteiger partial charge in [0.1, 0.15) is 11.5 Å². The summed E-state index contributed by atoms with van der Waals surface area (Å²) in [6, 6.07) is 3.31. The molecule has 1 aliphatic rings. The summed E-state index contributed by atoms with van der Waals surface area (Å²) in [5.74, 6) is 1.25. The SMILES string of the molecule is Cc1cc(-c2cc(C(=O)NC3CCS(=O)(=O)C3)c3cnn(C(C)C)c3n2)c(C)o1. The Balaban J connectivity index is 1.81. The zero-order valence-corrected chi connectivity index (χ0v) is 17.7. The van der Waals surface area contributed by atoms with Crippen molar-refractivity contribution in [3.63, 3.8) is 0 Å². The van der Waals surface area contributed by atoms with Crippen molar-refractivity contribution in [3.8, 4) is 11.3 Å². The Morgan fingerprint density at radius 1 is 1.31 bits per heavy atom. The van der Waals surface area contributed by atoms with Crippen molar-refractivity contribution in [1.82, 2.24) is 20.1 Å². The summed E-state index contributed by atoms with van der Waals surface area (Å²) >= 11 is 0. The van der Waals surface area contributed by atoms with Crippen LogP contribution in [0.4, 0.5) is 0 Å². The lowest BCUT2D eigenvalue weighted by Crippen LogP contribution is -2.35. The minimum absolute atomic E-state index is 0.0227. The van der Waals surface area contributed by atoms with Crippen LogP contribution < -0.4 is 5.32 Å². The molecule has 1 saturated heterocycles. The van der Waals surface area contributed by atoms with Crippen molar-refractivity contribution in [1.29, 1.82) is 0 Å². The van der Waals surface area contributed by atoms with E-state index in [4.69, 9.17) is 9.40 Å². The van der Waals surface area contributed by atoms with E-state index < -0.39 is 9.84 Å². The molecule has 1 atom stereocenters. The number of aryl methyl sites for hydroxylation is 2. The molecule has 0 bridgehead atoms. The van der Waals surface area contributed by atoms with Crippen LogP contribution >= 0.6 is 0 Å². The van der Waals surface area contributed by atoms with Crippen molar-refractivity contribution in [2.75, 3.05) is 11.5 Å². The van der Waals surface area contributed by atoms with Gasteiger partial charge in [-0.1, -0.05) is 0 Å². The van der Waals surface area contributed by atoms with Crippen LogP contribution in [0, 0.1) is 13.8 Å². The smallest absolute Gasteiger partial charge is 0.252 e. The number of sulfone groups is 1. The lowest BCUT2D eigenvalue weighted by molar-refractivity contribution is 0.0942. The lowest BCUT2D eigenvalue weighted by atomic mass is 10.1. The van der Waals surface area contributed by atoms with Crippen molar-refractivity contribution >= 4 is 26.8 Å². The number of carbonyl (C=O) groups excluding carboxylic acids is 1. The molecular weight excluding hydrogens is 392 g/mol. The van der Waals surface area contributed by atoms with Crippen molar-refractivity contribution in [2.24, 2.45) is 0 Å². The maximum Gasteiger partial charge on any atom is 0.252 e. The number of amides is 1. The summed E-state index contributed by atoms with van der Waals surface area (Å²) in [6.07, 6.45) is 2.07. The van der Waals surface area contributed by atoms with Gasteiger partial charge in [0.15, 0.2) is 15.5 Å². The molecule has 4 heterocycles. The number of aromatic nitrogens is 3. The van der Waals surface area contributed by atoms with Crippen LogP contribution in [-0.2, 0) is 9.84 Å². The van der Waals surface area contributed by atoms with Crippen LogP contribution in [0.3, 0.4) is 0 Å². The van der Waals surface area contributed by atoms with Gasteiger partial charge in [-0.3, -0.25) is 4.79 Å². The normalized spacial score (nSPS) is 18.6. The van der Waals surface area contributed by atoms with Crippen LogP contribution in [0.15, 0.2) is 22.7 Å². The zero-order chi connectivity index (χ0) is 20.9. The molecule has 0 aromatic carbocycles. The van der Waals surface area contributed by atoms with E-state index in [0.717, 1.165) is 17.1 Å². The summed E-state index contributed by atoms with van der Waals surface area (Å²) in [7, 11) is -3.08. The molecule has 1 N–H and O–H groups in total. The fourth-order valence-electron chi connectivity index (χ4n) is 3.78. The molecule has 0 saturated carbocycles. The van der Waals surface area contributed by atoms with Gasteiger partial charge in [-0.25, -0.2) is 18.1 Å². The van der Waals surface area contributed by atoms with Gasteiger partial charge in [0.05, 0.1) is 34.3 Å². The first kappa shape index (κ1) is 19.6. The highest BCUT2D eigenvalue weighted by atomic mass is 32.2. The maximum atomic E-state index is 13.1. The Morgan fingerprint density at radius 3 is 2.66 bits per heavy atom. The van der Waals surface area contributed by atoms with Crippen LogP contribution in [0.2, 0.25) is 0 Å². The van der Waals surface area contributed by atoms with E-state index in [1.807, 2.05) is 33.8 Å². The number of furan rings is 1. The van der Waals surface area contributed by atoms with E-state index in [1.54, 1.807) is 16.9 Å². The first-order valence-electron chi connectivity index (χ1n) is 9.61. The van der Waals surface area contributed by atoms with Crippen molar-refractivity contribution in [2.45, 2.75) is 46.2 Å². The number of hydrogen-bond donors (Lipinski definition) is 1. The number of rotatable bonds is 4. The second-order valence-electron chi connectivity index (χ2n) is 7.88. The molecular formula is C20H24N4O4S. The third kappa shape index (κ3) is 3.66. The van der Waals surface area contributed by atoms with Gasteiger partial charge in [0.2, 0.25) is 0 Å². The Bertz CT molecular complexity index is 1210. The number of nitrogens with zero attached hydrogens (tertiary/aromatic N) is 3. The number of fused-ring (bicyclic) bond motifs is 1. The van der Waals surface area contributed by atoms with Crippen LogP contribution in [0.25, 0.3) is 22.3 Å². The second kappa shape index (κ2) is 6.98. The van der Waals surface area contributed by atoms with Crippen LogP contribution in [0.5, 0.6) is 0 Å². The minimum Gasteiger partial charge on any atom is -0.466 e. The zero-order valence-electron chi connectivity index (χ0n) is 16.9. The molecule has 154 valence electrons. The average molecular weight is 417 g/mol. The molecule has 8 nitrogen and oxygen atoms in total. The summed E-state index contributed by atoms with van der Waals surface area (Å²) < 4.78 is 30.9. The number of carbonyl (C=O) groups is 1. The lowest BCUT2D eigenvalue weighted by Gasteiger charge is -2.13. The van der Waals surface area contributed by atoms with Gasteiger partial charge in [-0.15, -0.1) is 0 Å². The molecule has 0 radical (unpaired) electrons. The van der Waals surface area contributed by atoms with Gasteiger partial charge >= 0.3 is 0 Å². The first-order valence-corrected chi connectivity index (χ1v) is 11.4. The molecule has 9 heteroatoms. The summed E-state index contributed by atoms with van der Waals surface area (Å²) in [6.45, 7) is 7.72. The number of pyridine rings is 1. The molecule has 0 aliphatic carbocycles. The second-order valence-corrected chi connectivity index (χ2v) is 10.1. The van der Waals surface area contributed by atoms with Gasteiger partial charge in [-0.05, 0) is 46.2 Å². The van der Waals surface area contributed by atoms with Crippen molar-refractivity contribution in [3.05, 3.63) is 35.4 Å². The monoisotopic (exact) mass is 416 g/mol. The van der Waals surface area contributed by atoms with Gasteiger partial charge in [0, 0.05) is 17.6 Å². The van der Waals surface area contributed by atoms with E-state index in [9.17, 15) is 13.2 Å². The predicted molar refractivity (Wildman–Crippen MR) is 110 cm³/mol. The number of hydrogen-bond acceptors (Lipinski definition) is 6. The predicted octanol–water partition coefficient (Wildman–Crippen LogP) is 2.81. The third-order valence-corrected chi connectivity index (χ3v) is 6.95. The van der Waals surface area contributed by atoms with Gasteiger partial charge in [-0.2, -0.15) is 5.10 Å². The molecule has 1 unspecified atom stereocenters.